The van der Waals surface area contributed by atoms with Crippen LogP contribution in [0.1, 0.15) is 31.2 Å². The Labute approximate surface area is 132 Å². The van der Waals surface area contributed by atoms with E-state index in [0.29, 0.717) is 23.4 Å². The van der Waals surface area contributed by atoms with Gasteiger partial charge in [0.15, 0.2) is 0 Å². The van der Waals surface area contributed by atoms with Gasteiger partial charge in [0, 0.05) is 15.8 Å². The van der Waals surface area contributed by atoms with Crippen molar-refractivity contribution >= 4 is 23.1 Å². The van der Waals surface area contributed by atoms with E-state index in [1.54, 1.807) is 23.1 Å². The molecular formula is C16H16N2OS2. The average Bonchev–Trinajstić information content (AvgIpc) is 3.16. The minimum Gasteiger partial charge on any atom is -0.338 e. The van der Waals surface area contributed by atoms with Gasteiger partial charge in [-0.15, -0.1) is 11.8 Å². The van der Waals surface area contributed by atoms with Crippen molar-refractivity contribution in [3.8, 4) is 11.4 Å². The number of hydrogen-bond donors (Lipinski definition) is 0. The lowest BCUT2D eigenvalue weighted by atomic mass is 10.0. The Morgan fingerprint density at radius 2 is 2.00 bits per heavy atom. The Balaban J connectivity index is 1.62. The molecular weight excluding hydrogens is 300 g/mol. The molecule has 108 valence electrons. The minimum absolute atomic E-state index is 0.563. The van der Waals surface area contributed by atoms with Gasteiger partial charge in [0.1, 0.15) is 0 Å². The largest absolute Gasteiger partial charge is 0.338 e. The molecule has 5 heteroatoms. The molecule has 3 nitrogen and oxygen atoms in total. The van der Waals surface area contributed by atoms with Crippen LogP contribution < -0.4 is 0 Å². The SMILES string of the molecule is CC(C)c1ccc(SCc2nc(-c3ccsc3)no2)cc1. The van der Waals surface area contributed by atoms with Gasteiger partial charge in [0.25, 0.3) is 0 Å². The molecule has 0 aliphatic heterocycles. The van der Waals surface area contributed by atoms with Gasteiger partial charge in [-0.1, -0.05) is 31.1 Å². The van der Waals surface area contributed by atoms with E-state index in [1.165, 1.54) is 10.5 Å². The van der Waals surface area contributed by atoms with Gasteiger partial charge in [0.2, 0.25) is 11.7 Å². The van der Waals surface area contributed by atoms with Crippen molar-refractivity contribution in [3.63, 3.8) is 0 Å². The highest BCUT2D eigenvalue weighted by molar-refractivity contribution is 7.98. The first-order valence-corrected chi connectivity index (χ1v) is 8.73. The highest BCUT2D eigenvalue weighted by Gasteiger charge is 2.09. The third kappa shape index (κ3) is 3.54. The van der Waals surface area contributed by atoms with Gasteiger partial charge < -0.3 is 4.52 Å². The Morgan fingerprint density at radius 3 is 2.67 bits per heavy atom. The minimum atomic E-state index is 0.563. The smallest absolute Gasteiger partial charge is 0.237 e. The van der Waals surface area contributed by atoms with Crippen molar-refractivity contribution < 1.29 is 4.52 Å². The van der Waals surface area contributed by atoms with Crippen molar-refractivity contribution in [2.45, 2.75) is 30.4 Å². The Bertz CT molecular complexity index is 687. The van der Waals surface area contributed by atoms with E-state index < -0.39 is 0 Å². The fourth-order valence-electron chi connectivity index (χ4n) is 1.92. The molecule has 0 fully saturated rings. The summed E-state index contributed by atoms with van der Waals surface area (Å²) in [5.74, 6) is 2.59. The number of thioether (sulfide) groups is 1. The molecule has 0 unspecified atom stereocenters. The molecule has 0 saturated heterocycles. The van der Waals surface area contributed by atoms with E-state index in [-0.39, 0.29) is 0 Å². The predicted octanol–water partition coefficient (Wildman–Crippen LogP) is 5.21. The van der Waals surface area contributed by atoms with Gasteiger partial charge in [-0.25, -0.2) is 0 Å². The number of aromatic nitrogens is 2. The van der Waals surface area contributed by atoms with Crippen LogP contribution in [0.4, 0.5) is 0 Å². The van der Waals surface area contributed by atoms with Gasteiger partial charge in [-0.05, 0) is 35.1 Å². The Morgan fingerprint density at radius 1 is 1.19 bits per heavy atom. The molecule has 21 heavy (non-hydrogen) atoms. The van der Waals surface area contributed by atoms with Gasteiger partial charge >= 0.3 is 0 Å². The van der Waals surface area contributed by atoms with Crippen LogP contribution in [0.2, 0.25) is 0 Å². The highest BCUT2D eigenvalue weighted by atomic mass is 32.2. The summed E-state index contributed by atoms with van der Waals surface area (Å²) >= 11 is 3.34. The van der Waals surface area contributed by atoms with Crippen molar-refractivity contribution in [2.75, 3.05) is 0 Å². The maximum atomic E-state index is 5.29. The van der Waals surface area contributed by atoms with Crippen LogP contribution in [0.15, 0.2) is 50.5 Å². The molecule has 0 bridgehead atoms. The zero-order chi connectivity index (χ0) is 14.7. The summed E-state index contributed by atoms with van der Waals surface area (Å²) in [5, 5.41) is 8.05. The standard InChI is InChI=1S/C16H16N2OS2/c1-11(2)12-3-5-14(6-4-12)21-10-15-17-16(18-19-15)13-7-8-20-9-13/h3-9,11H,10H2,1-2H3. The lowest BCUT2D eigenvalue weighted by Crippen LogP contribution is -1.86. The van der Waals surface area contributed by atoms with E-state index in [1.807, 2.05) is 16.8 Å². The van der Waals surface area contributed by atoms with E-state index >= 15 is 0 Å². The molecule has 2 aromatic heterocycles. The third-order valence-electron chi connectivity index (χ3n) is 3.16. The normalized spacial score (nSPS) is 11.2. The number of nitrogens with zero attached hydrogens (tertiary/aromatic N) is 2. The van der Waals surface area contributed by atoms with Gasteiger partial charge in [-0.2, -0.15) is 16.3 Å². The summed E-state index contributed by atoms with van der Waals surface area (Å²) in [6.07, 6.45) is 0. The number of thiophene rings is 1. The maximum absolute atomic E-state index is 5.29. The van der Waals surface area contributed by atoms with Crippen LogP contribution in [-0.4, -0.2) is 10.1 Å². The number of benzene rings is 1. The summed E-state index contributed by atoms with van der Waals surface area (Å²) in [4.78, 5) is 5.64. The first-order valence-electron chi connectivity index (χ1n) is 6.80. The summed E-state index contributed by atoms with van der Waals surface area (Å²) in [5.41, 5.74) is 2.37. The molecule has 0 radical (unpaired) electrons. The zero-order valence-electron chi connectivity index (χ0n) is 11.9. The quantitative estimate of drug-likeness (QED) is 0.605. The fourth-order valence-corrected chi connectivity index (χ4v) is 3.29. The fraction of sp³-hybridized carbons (Fsp3) is 0.250. The van der Waals surface area contributed by atoms with E-state index in [2.05, 4.69) is 48.3 Å². The Hall–Kier alpha value is -1.59. The molecule has 3 aromatic rings. The molecule has 0 amide bonds. The first-order chi connectivity index (χ1) is 10.2. The van der Waals surface area contributed by atoms with E-state index in [0.717, 1.165) is 5.56 Å². The topological polar surface area (TPSA) is 38.9 Å². The zero-order valence-corrected chi connectivity index (χ0v) is 13.6. The van der Waals surface area contributed by atoms with Crippen molar-refractivity contribution in [1.29, 1.82) is 0 Å². The van der Waals surface area contributed by atoms with E-state index in [9.17, 15) is 0 Å². The second-order valence-corrected chi connectivity index (χ2v) is 6.86. The molecule has 2 heterocycles. The summed E-state index contributed by atoms with van der Waals surface area (Å²) < 4.78 is 5.29. The molecule has 1 aromatic carbocycles. The van der Waals surface area contributed by atoms with Crippen LogP contribution >= 0.6 is 23.1 Å². The van der Waals surface area contributed by atoms with Crippen LogP contribution in [0, 0.1) is 0 Å². The summed E-state index contributed by atoms with van der Waals surface area (Å²) in [6.45, 7) is 4.40. The third-order valence-corrected chi connectivity index (χ3v) is 4.84. The van der Waals surface area contributed by atoms with Crippen molar-refractivity contribution in [3.05, 3.63) is 52.5 Å². The van der Waals surface area contributed by atoms with Crippen LogP contribution in [0.5, 0.6) is 0 Å². The predicted molar refractivity (Wildman–Crippen MR) is 87.7 cm³/mol. The highest BCUT2D eigenvalue weighted by Crippen LogP contribution is 2.26. The molecule has 0 aliphatic carbocycles. The van der Waals surface area contributed by atoms with Gasteiger partial charge in [0.05, 0.1) is 5.75 Å². The molecule has 0 saturated carbocycles. The number of rotatable bonds is 5. The van der Waals surface area contributed by atoms with Gasteiger partial charge in [-0.3, -0.25) is 0 Å². The molecule has 3 rings (SSSR count). The van der Waals surface area contributed by atoms with Crippen LogP contribution in [0.3, 0.4) is 0 Å². The maximum Gasteiger partial charge on any atom is 0.237 e. The molecule has 0 atom stereocenters. The monoisotopic (exact) mass is 316 g/mol. The van der Waals surface area contributed by atoms with E-state index in [4.69, 9.17) is 4.52 Å². The average molecular weight is 316 g/mol. The van der Waals surface area contributed by atoms with Crippen LogP contribution in [-0.2, 0) is 5.75 Å². The second kappa shape index (κ2) is 6.45. The lowest BCUT2D eigenvalue weighted by molar-refractivity contribution is 0.391. The lowest BCUT2D eigenvalue weighted by Gasteiger charge is -2.05. The molecule has 0 spiro atoms. The summed E-state index contributed by atoms with van der Waals surface area (Å²) in [7, 11) is 0. The second-order valence-electron chi connectivity index (χ2n) is 5.04. The van der Waals surface area contributed by atoms with Crippen molar-refractivity contribution in [1.82, 2.24) is 10.1 Å². The van der Waals surface area contributed by atoms with Crippen LogP contribution in [0.25, 0.3) is 11.4 Å². The Kier molecular flexibility index (Phi) is 4.41. The first kappa shape index (κ1) is 14.4. The molecule has 0 aliphatic rings. The molecule has 0 N–H and O–H groups in total. The number of hydrogen-bond acceptors (Lipinski definition) is 5. The summed E-state index contributed by atoms with van der Waals surface area (Å²) in [6, 6.07) is 10.7. The van der Waals surface area contributed by atoms with Crippen molar-refractivity contribution in [2.24, 2.45) is 0 Å².